The van der Waals surface area contributed by atoms with Gasteiger partial charge in [-0.3, -0.25) is 4.79 Å². The summed E-state index contributed by atoms with van der Waals surface area (Å²) in [5.74, 6) is 6.02. The minimum Gasteiger partial charge on any atom is -0.481 e. The molecule has 1 N–H and O–H groups in total. The first-order valence-corrected chi connectivity index (χ1v) is 9.14. The van der Waals surface area contributed by atoms with Gasteiger partial charge in [0.15, 0.2) is 0 Å². The average molecular weight is 393 g/mol. The fraction of sp³-hybridized carbons (Fsp3) is 0.250. The van der Waals surface area contributed by atoms with Crippen LogP contribution in [0, 0.1) is 11.8 Å². The highest BCUT2D eigenvalue weighted by Gasteiger charge is 2.30. The molecular weight excluding hydrogens is 375 g/mol. The molecule has 0 fully saturated rings. The van der Waals surface area contributed by atoms with Gasteiger partial charge in [0, 0.05) is 17.1 Å². The van der Waals surface area contributed by atoms with Gasteiger partial charge >= 0.3 is 6.18 Å². The lowest BCUT2D eigenvalue weighted by Crippen LogP contribution is -2.23. The highest BCUT2D eigenvalue weighted by Crippen LogP contribution is 2.31. The van der Waals surface area contributed by atoms with E-state index in [1.807, 2.05) is 30.3 Å². The summed E-state index contributed by atoms with van der Waals surface area (Å²) in [5, 5.41) is 2.67. The molecule has 0 aliphatic carbocycles. The first-order valence-electron chi connectivity index (χ1n) is 8.15. The lowest BCUT2D eigenvalue weighted by atomic mass is 10.2. The van der Waals surface area contributed by atoms with Gasteiger partial charge in [-0.1, -0.05) is 36.1 Å². The Hall–Kier alpha value is -2.59. The molecule has 0 heterocycles. The van der Waals surface area contributed by atoms with Crippen molar-refractivity contribution < 1.29 is 22.7 Å². The van der Waals surface area contributed by atoms with E-state index in [0.717, 1.165) is 17.0 Å². The second-order valence-electron chi connectivity index (χ2n) is 5.36. The SMILES string of the molecule is O=C(CCSc1ccccc1)NCC#CCOc1cccc(C(F)(F)F)c1. The predicted octanol–water partition coefficient (Wildman–Crippen LogP) is 4.39. The highest BCUT2D eigenvalue weighted by molar-refractivity contribution is 7.99. The molecule has 0 saturated heterocycles. The van der Waals surface area contributed by atoms with Crippen molar-refractivity contribution in [2.75, 3.05) is 18.9 Å². The fourth-order valence-corrected chi connectivity index (χ4v) is 2.88. The van der Waals surface area contributed by atoms with E-state index < -0.39 is 11.7 Å². The topological polar surface area (TPSA) is 38.3 Å². The van der Waals surface area contributed by atoms with Crippen molar-refractivity contribution in [1.82, 2.24) is 5.32 Å². The van der Waals surface area contributed by atoms with E-state index in [9.17, 15) is 18.0 Å². The number of carbonyl (C=O) groups is 1. The number of alkyl halides is 3. The summed E-state index contributed by atoms with van der Waals surface area (Å²) < 4.78 is 42.9. The van der Waals surface area contributed by atoms with Crippen LogP contribution in [0.4, 0.5) is 13.2 Å². The quantitative estimate of drug-likeness (QED) is 0.560. The zero-order valence-electron chi connectivity index (χ0n) is 14.4. The zero-order chi connectivity index (χ0) is 19.5. The largest absolute Gasteiger partial charge is 0.481 e. The first kappa shape index (κ1) is 20.7. The number of ether oxygens (including phenoxy) is 1. The molecule has 3 nitrogen and oxygen atoms in total. The van der Waals surface area contributed by atoms with E-state index in [1.54, 1.807) is 11.8 Å². The van der Waals surface area contributed by atoms with Crippen LogP contribution in [0.1, 0.15) is 12.0 Å². The Morgan fingerprint density at radius 1 is 1.07 bits per heavy atom. The molecule has 142 valence electrons. The Morgan fingerprint density at radius 3 is 2.59 bits per heavy atom. The summed E-state index contributed by atoms with van der Waals surface area (Å²) in [6.45, 7) is 0.113. The molecule has 7 heteroatoms. The molecule has 27 heavy (non-hydrogen) atoms. The Kier molecular flexibility index (Phi) is 8.08. The zero-order valence-corrected chi connectivity index (χ0v) is 15.2. The van der Waals surface area contributed by atoms with Crippen LogP contribution in [0.3, 0.4) is 0 Å². The van der Waals surface area contributed by atoms with Crippen LogP contribution in [0.15, 0.2) is 59.5 Å². The third-order valence-electron chi connectivity index (χ3n) is 3.31. The molecule has 0 spiro atoms. The van der Waals surface area contributed by atoms with Crippen LogP contribution in [-0.4, -0.2) is 24.8 Å². The number of benzene rings is 2. The molecule has 2 aromatic carbocycles. The van der Waals surface area contributed by atoms with Gasteiger partial charge in [-0.05, 0) is 30.3 Å². The normalized spacial score (nSPS) is 10.6. The molecule has 0 aliphatic heterocycles. The van der Waals surface area contributed by atoms with Gasteiger partial charge in [0.1, 0.15) is 12.4 Å². The first-order chi connectivity index (χ1) is 12.9. The van der Waals surface area contributed by atoms with Gasteiger partial charge in [0.25, 0.3) is 0 Å². The standard InChI is InChI=1S/C20H18F3NO2S/c21-20(22,23)16-7-6-8-17(15-16)26-13-5-4-12-24-19(25)11-14-27-18-9-2-1-3-10-18/h1-3,6-10,15H,11-14H2,(H,24,25). The van der Waals surface area contributed by atoms with E-state index in [4.69, 9.17) is 4.74 Å². The van der Waals surface area contributed by atoms with E-state index >= 15 is 0 Å². The van der Waals surface area contributed by atoms with E-state index in [-0.39, 0.29) is 24.8 Å². The molecular formula is C20H18F3NO2S. The van der Waals surface area contributed by atoms with E-state index in [0.29, 0.717) is 12.2 Å². The molecule has 1 amide bonds. The Bertz CT molecular complexity index is 798. The van der Waals surface area contributed by atoms with Gasteiger partial charge < -0.3 is 10.1 Å². The molecule has 2 aromatic rings. The van der Waals surface area contributed by atoms with Crippen LogP contribution in [0.5, 0.6) is 5.75 Å². The van der Waals surface area contributed by atoms with Gasteiger partial charge in [0.2, 0.25) is 5.91 Å². The smallest absolute Gasteiger partial charge is 0.416 e. The maximum atomic E-state index is 12.6. The number of carbonyl (C=O) groups excluding carboxylic acids is 1. The van der Waals surface area contributed by atoms with Crippen molar-refractivity contribution in [3.05, 3.63) is 60.2 Å². The summed E-state index contributed by atoms with van der Waals surface area (Å²) in [6, 6.07) is 14.4. The molecule has 0 saturated carbocycles. The number of thioether (sulfide) groups is 1. The van der Waals surface area contributed by atoms with Gasteiger partial charge in [-0.2, -0.15) is 13.2 Å². The van der Waals surface area contributed by atoms with Gasteiger partial charge in [-0.15, -0.1) is 11.8 Å². The Labute approximate surface area is 160 Å². The van der Waals surface area contributed by atoms with Crippen LogP contribution >= 0.6 is 11.8 Å². The van der Waals surface area contributed by atoms with Crippen LogP contribution < -0.4 is 10.1 Å². The van der Waals surface area contributed by atoms with Crippen LogP contribution in [0.2, 0.25) is 0 Å². The predicted molar refractivity (Wildman–Crippen MR) is 99.5 cm³/mol. The third-order valence-corrected chi connectivity index (χ3v) is 4.33. The number of rotatable bonds is 7. The summed E-state index contributed by atoms with van der Waals surface area (Å²) >= 11 is 1.60. The minimum absolute atomic E-state index is 0.0545. The maximum Gasteiger partial charge on any atom is 0.416 e. The second kappa shape index (κ2) is 10.5. The molecule has 0 radical (unpaired) electrons. The lowest BCUT2D eigenvalue weighted by Gasteiger charge is -2.08. The summed E-state index contributed by atoms with van der Waals surface area (Å²) in [4.78, 5) is 12.8. The van der Waals surface area contributed by atoms with Crippen molar-refractivity contribution >= 4 is 17.7 Å². The average Bonchev–Trinajstić information content (AvgIpc) is 2.65. The molecule has 0 aromatic heterocycles. The number of hydrogen-bond acceptors (Lipinski definition) is 3. The number of hydrogen-bond donors (Lipinski definition) is 1. The Balaban J connectivity index is 1.62. The number of halogens is 3. The van der Waals surface area contributed by atoms with Gasteiger partial charge in [-0.25, -0.2) is 0 Å². The van der Waals surface area contributed by atoms with E-state index in [2.05, 4.69) is 17.2 Å². The number of nitrogens with one attached hydrogen (secondary N) is 1. The van der Waals surface area contributed by atoms with Crippen molar-refractivity contribution in [3.8, 4) is 17.6 Å². The fourth-order valence-electron chi connectivity index (χ4n) is 2.00. The molecule has 0 aliphatic rings. The summed E-state index contributed by atoms with van der Waals surface area (Å²) in [7, 11) is 0. The van der Waals surface area contributed by atoms with E-state index in [1.165, 1.54) is 12.1 Å². The summed E-state index contributed by atoms with van der Waals surface area (Å²) in [6.07, 6.45) is -4.03. The maximum absolute atomic E-state index is 12.6. The van der Waals surface area contributed by atoms with Crippen LogP contribution in [-0.2, 0) is 11.0 Å². The van der Waals surface area contributed by atoms with Crippen molar-refractivity contribution in [3.63, 3.8) is 0 Å². The minimum atomic E-state index is -4.41. The molecule has 0 bridgehead atoms. The van der Waals surface area contributed by atoms with Crippen molar-refractivity contribution in [1.29, 1.82) is 0 Å². The molecule has 0 unspecified atom stereocenters. The van der Waals surface area contributed by atoms with Gasteiger partial charge in [0.05, 0.1) is 12.1 Å². The van der Waals surface area contributed by atoms with Crippen LogP contribution in [0.25, 0.3) is 0 Å². The van der Waals surface area contributed by atoms with Crippen molar-refractivity contribution in [2.45, 2.75) is 17.5 Å². The second-order valence-corrected chi connectivity index (χ2v) is 6.52. The van der Waals surface area contributed by atoms with Crippen molar-refractivity contribution in [2.24, 2.45) is 0 Å². The molecule has 0 atom stereocenters. The Morgan fingerprint density at radius 2 is 1.85 bits per heavy atom. The number of amides is 1. The summed E-state index contributed by atoms with van der Waals surface area (Å²) in [5.41, 5.74) is -0.770. The molecule has 2 rings (SSSR count). The third kappa shape index (κ3) is 8.09. The highest BCUT2D eigenvalue weighted by atomic mass is 32.2. The lowest BCUT2D eigenvalue weighted by molar-refractivity contribution is -0.137. The monoisotopic (exact) mass is 393 g/mol.